The highest BCUT2D eigenvalue weighted by molar-refractivity contribution is 7.87. The van der Waals surface area contributed by atoms with E-state index in [0.29, 0.717) is 0 Å². The molecule has 5 nitrogen and oxygen atoms in total. The van der Waals surface area contributed by atoms with Crippen LogP contribution in [0.4, 0.5) is 0 Å². The fourth-order valence-electron chi connectivity index (χ4n) is 1.81. The van der Waals surface area contributed by atoms with Crippen molar-refractivity contribution >= 4 is 17.5 Å². The summed E-state index contributed by atoms with van der Waals surface area (Å²) >= 11 is -1.55. The zero-order valence-corrected chi connectivity index (χ0v) is 11.1. The normalized spacial score (nSPS) is 29.7. The molecule has 1 N–H and O–H groups in total. The summed E-state index contributed by atoms with van der Waals surface area (Å²) < 4.78 is 14.8. The van der Waals surface area contributed by atoms with Gasteiger partial charge in [0.2, 0.25) is 0 Å². The van der Waals surface area contributed by atoms with Crippen LogP contribution in [0.5, 0.6) is 0 Å². The minimum absolute atomic E-state index is 0.237. The van der Waals surface area contributed by atoms with Crippen LogP contribution in [0.1, 0.15) is 12.5 Å². The Morgan fingerprint density at radius 1 is 1.39 bits per heavy atom. The first kappa shape index (κ1) is 13.4. The first-order chi connectivity index (χ1) is 8.52. The van der Waals surface area contributed by atoms with Crippen molar-refractivity contribution < 1.29 is 14.5 Å². The second kappa shape index (κ2) is 5.27. The van der Waals surface area contributed by atoms with E-state index in [4.69, 9.17) is 0 Å². The van der Waals surface area contributed by atoms with E-state index in [1.165, 1.54) is 8.61 Å². The Bertz CT molecular complexity index is 429. The van der Waals surface area contributed by atoms with Gasteiger partial charge in [0.15, 0.2) is 17.7 Å². The van der Waals surface area contributed by atoms with Gasteiger partial charge < -0.3 is 9.66 Å². The van der Waals surface area contributed by atoms with E-state index in [0.717, 1.165) is 5.56 Å². The van der Waals surface area contributed by atoms with E-state index in [1.54, 1.807) is 14.0 Å². The summed E-state index contributed by atoms with van der Waals surface area (Å²) in [5.74, 6) is -0.484. The third-order valence-corrected chi connectivity index (χ3v) is 4.64. The molecule has 1 amide bonds. The lowest BCUT2D eigenvalue weighted by atomic mass is 10.1. The number of hydrogen-bond acceptors (Lipinski definition) is 4. The monoisotopic (exact) mass is 268 g/mol. The lowest BCUT2D eigenvalue weighted by Gasteiger charge is -2.38. The maximum atomic E-state index is 12.1. The molecule has 0 aromatic heterocycles. The third-order valence-electron chi connectivity index (χ3n) is 3.13. The maximum absolute atomic E-state index is 12.1. The molecule has 1 aliphatic rings. The van der Waals surface area contributed by atoms with Crippen LogP contribution >= 0.6 is 0 Å². The zero-order chi connectivity index (χ0) is 13.3. The van der Waals surface area contributed by atoms with Crippen molar-refractivity contribution in [3.8, 4) is 0 Å². The first-order valence-corrected chi connectivity index (χ1v) is 6.77. The Balaban J connectivity index is 2.18. The predicted octanol–water partition coefficient (Wildman–Crippen LogP) is 0.289. The Labute approximate surface area is 109 Å². The lowest BCUT2D eigenvalue weighted by molar-refractivity contribution is -0.140. The molecule has 1 aromatic rings. The van der Waals surface area contributed by atoms with Gasteiger partial charge in [0.1, 0.15) is 0 Å². The Morgan fingerprint density at radius 3 is 2.61 bits per heavy atom. The van der Waals surface area contributed by atoms with Crippen molar-refractivity contribution in [1.29, 1.82) is 0 Å². The molecule has 0 bridgehead atoms. The molecule has 1 saturated heterocycles. The number of carbonyl (C=O) groups excluding carboxylic acids is 1. The Hall–Kier alpha value is -1.08. The van der Waals surface area contributed by atoms with Gasteiger partial charge in [0, 0.05) is 7.05 Å². The molecule has 0 spiro atoms. The van der Waals surface area contributed by atoms with Gasteiger partial charge in [-0.15, -0.1) is 8.61 Å². The fraction of sp³-hybridized carbons (Fsp3) is 0.417. The molecule has 3 unspecified atom stereocenters. The maximum Gasteiger partial charge on any atom is 0.296 e. The lowest BCUT2D eigenvalue weighted by Crippen LogP contribution is -2.61. The van der Waals surface area contributed by atoms with Gasteiger partial charge in [0.25, 0.3) is 5.91 Å². The molecule has 98 valence electrons. The van der Waals surface area contributed by atoms with E-state index >= 15 is 0 Å². The molecule has 1 aliphatic heterocycles. The highest BCUT2D eigenvalue weighted by Gasteiger charge is 2.46. The predicted molar refractivity (Wildman–Crippen MR) is 68.4 cm³/mol. The van der Waals surface area contributed by atoms with Crippen molar-refractivity contribution in [2.45, 2.75) is 25.6 Å². The van der Waals surface area contributed by atoms with Gasteiger partial charge in [-0.1, -0.05) is 30.3 Å². The van der Waals surface area contributed by atoms with Crippen molar-refractivity contribution in [2.24, 2.45) is 0 Å². The van der Waals surface area contributed by atoms with Crippen molar-refractivity contribution in [3.63, 3.8) is 0 Å². The average Bonchev–Trinajstić information content (AvgIpc) is 2.40. The molecule has 0 radical (unpaired) electrons. The molecule has 2 rings (SSSR count). The molecule has 6 heteroatoms. The van der Waals surface area contributed by atoms with Crippen molar-refractivity contribution in [3.05, 3.63) is 35.9 Å². The molecular weight excluding hydrogens is 252 g/mol. The Kier molecular flexibility index (Phi) is 3.91. The number of aliphatic hydroxyl groups excluding tert-OH is 1. The molecule has 18 heavy (non-hydrogen) atoms. The number of aliphatic hydroxyl groups is 1. The van der Waals surface area contributed by atoms with E-state index in [9.17, 15) is 14.5 Å². The summed E-state index contributed by atoms with van der Waals surface area (Å²) in [6, 6.07) is 8.86. The molecule has 3 atom stereocenters. The largest absolute Gasteiger partial charge is 0.573 e. The topological polar surface area (TPSA) is 66.8 Å². The second-order valence-electron chi connectivity index (χ2n) is 4.32. The summed E-state index contributed by atoms with van der Waals surface area (Å²) in [5, 5.41) is 9.82. The molecule has 0 aliphatic carbocycles. The quantitative estimate of drug-likeness (QED) is 0.783. The van der Waals surface area contributed by atoms with Crippen LogP contribution in [0.2, 0.25) is 0 Å². The van der Waals surface area contributed by atoms with Gasteiger partial charge in [-0.2, -0.15) is 0 Å². The number of amides is 1. The van der Waals surface area contributed by atoms with Crippen molar-refractivity contribution in [2.75, 3.05) is 7.05 Å². The van der Waals surface area contributed by atoms with E-state index in [-0.39, 0.29) is 6.54 Å². The van der Waals surface area contributed by atoms with Gasteiger partial charge in [-0.3, -0.25) is 4.79 Å². The van der Waals surface area contributed by atoms with Crippen LogP contribution in [0.15, 0.2) is 30.3 Å². The summed E-state index contributed by atoms with van der Waals surface area (Å²) in [6.45, 7) is 1.92. The average molecular weight is 268 g/mol. The number of rotatable bonds is 2. The number of likely N-dealkylation sites (N-methyl/N-ethyl adjacent to an activating group) is 1. The summed E-state index contributed by atoms with van der Waals surface area (Å²) in [6.07, 6.45) is -1.13. The SMILES string of the molecule is CC1C(O)C(=O)N(Cc2ccccc2)[S+]([O-])N1C. The standard InChI is InChI=1S/C12H16N2O3S/c1-9-11(15)12(16)14(18(17)13(9)2)8-10-6-4-3-5-7-10/h3-7,9,11,15H,8H2,1-2H3. The number of nitrogens with zero attached hydrogens (tertiary/aromatic N) is 2. The van der Waals surface area contributed by atoms with Crippen LogP contribution in [-0.2, 0) is 22.9 Å². The Morgan fingerprint density at radius 2 is 2.00 bits per heavy atom. The van der Waals surface area contributed by atoms with Gasteiger partial charge in [-0.25, -0.2) is 0 Å². The smallest absolute Gasteiger partial charge is 0.296 e. The van der Waals surface area contributed by atoms with Crippen LogP contribution in [-0.4, -0.2) is 43.4 Å². The van der Waals surface area contributed by atoms with E-state index < -0.39 is 29.6 Å². The zero-order valence-electron chi connectivity index (χ0n) is 10.3. The second-order valence-corrected chi connectivity index (χ2v) is 5.80. The first-order valence-electron chi connectivity index (χ1n) is 5.70. The minimum atomic E-state index is -1.55. The molecule has 1 fully saturated rings. The summed E-state index contributed by atoms with van der Waals surface area (Å²) in [5.41, 5.74) is 0.884. The minimum Gasteiger partial charge on any atom is -0.573 e. The molecule has 0 saturated carbocycles. The molecule has 1 aromatic carbocycles. The van der Waals surface area contributed by atoms with Crippen LogP contribution < -0.4 is 0 Å². The van der Waals surface area contributed by atoms with Gasteiger partial charge in [0.05, 0.1) is 12.6 Å². The highest BCUT2D eigenvalue weighted by atomic mass is 32.2. The fourth-order valence-corrected chi connectivity index (χ4v) is 3.04. The molecular formula is C12H16N2O3S. The van der Waals surface area contributed by atoms with E-state index in [2.05, 4.69) is 0 Å². The van der Waals surface area contributed by atoms with Crippen LogP contribution in [0.25, 0.3) is 0 Å². The number of hydrogen-bond donors (Lipinski definition) is 1. The van der Waals surface area contributed by atoms with Gasteiger partial charge >= 0.3 is 0 Å². The van der Waals surface area contributed by atoms with Gasteiger partial charge in [-0.05, 0) is 12.5 Å². The summed E-state index contributed by atoms with van der Waals surface area (Å²) in [7, 11) is 1.63. The van der Waals surface area contributed by atoms with Crippen LogP contribution in [0.3, 0.4) is 0 Å². The van der Waals surface area contributed by atoms with Crippen LogP contribution in [0, 0.1) is 0 Å². The third kappa shape index (κ3) is 2.37. The van der Waals surface area contributed by atoms with Crippen molar-refractivity contribution in [1.82, 2.24) is 8.61 Å². The molecule has 1 heterocycles. The number of benzene rings is 1. The number of carbonyl (C=O) groups is 1. The van der Waals surface area contributed by atoms with E-state index in [1.807, 2.05) is 30.3 Å². The summed E-state index contributed by atoms with van der Waals surface area (Å²) in [4.78, 5) is 12.0. The highest BCUT2D eigenvalue weighted by Crippen LogP contribution is 2.23.